The fourth-order valence-electron chi connectivity index (χ4n) is 2.14. The Morgan fingerprint density at radius 2 is 1.67 bits per heavy atom. The first-order chi connectivity index (χ1) is 11.7. The number of benzene rings is 2. The third-order valence-corrected chi connectivity index (χ3v) is 3.46. The number of ether oxygens (including phenoxy) is 2. The number of hydrogen-bond donors (Lipinski definition) is 1. The van der Waals surface area contributed by atoms with Crippen LogP contribution in [0.15, 0.2) is 48.5 Å². The molecule has 0 heterocycles. The summed E-state index contributed by atoms with van der Waals surface area (Å²) in [6, 6.07) is 13.7. The third-order valence-electron chi connectivity index (χ3n) is 3.46. The van der Waals surface area contributed by atoms with E-state index in [9.17, 15) is 9.59 Å². The van der Waals surface area contributed by atoms with Gasteiger partial charge < -0.3 is 14.8 Å². The minimum atomic E-state index is -0.541. The second-order valence-corrected chi connectivity index (χ2v) is 5.22. The van der Waals surface area contributed by atoms with Gasteiger partial charge in [0, 0.05) is 5.69 Å². The van der Waals surface area contributed by atoms with Crippen molar-refractivity contribution in [3.8, 4) is 5.75 Å². The zero-order valence-corrected chi connectivity index (χ0v) is 13.9. The first kappa shape index (κ1) is 17.5. The van der Waals surface area contributed by atoms with E-state index in [0.717, 1.165) is 18.6 Å². The fourth-order valence-corrected chi connectivity index (χ4v) is 2.14. The molecule has 0 saturated heterocycles. The molecule has 1 amide bonds. The molecule has 0 aliphatic heterocycles. The van der Waals surface area contributed by atoms with Gasteiger partial charge in [0.25, 0.3) is 5.91 Å². The van der Waals surface area contributed by atoms with Gasteiger partial charge in [-0.25, -0.2) is 4.79 Å². The van der Waals surface area contributed by atoms with Crippen LogP contribution >= 0.6 is 0 Å². The number of carbonyl (C=O) groups excluding carboxylic acids is 2. The Kier molecular flexibility index (Phi) is 6.37. The number of esters is 1. The van der Waals surface area contributed by atoms with Crippen molar-refractivity contribution >= 4 is 17.6 Å². The Balaban J connectivity index is 2.06. The Bertz CT molecular complexity index is 695. The number of methoxy groups -OCH3 is 1. The van der Waals surface area contributed by atoms with Crippen molar-refractivity contribution in [1.82, 2.24) is 0 Å². The van der Waals surface area contributed by atoms with E-state index in [2.05, 4.69) is 12.2 Å². The molecule has 0 saturated carbocycles. The van der Waals surface area contributed by atoms with Gasteiger partial charge in [-0.3, -0.25) is 4.79 Å². The molecule has 2 aromatic carbocycles. The topological polar surface area (TPSA) is 64.6 Å². The molecule has 5 nitrogen and oxygen atoms in total. The molecule has 0 aliphatic carbocycles. The standard InChI is InChI=1S/C19H21NO4/c1-3-4-13-24-15-11-9-14(10-12-15)20-18(21)16-7-5-6-8-17(16)19(22)23-2/h5-12H,3-4,13H2,1-2H3,(H,20,21). The van der Waals surface area contributed by atoms with Crippen molar-refractivity contribution in [2.24, 2.45) is 0 Å². The number of carbonyl (C=O) groups is 2. The molecule has 5 heteroatoms. The number of amides is 1. The van der Waals surface area contributed by atoms with E-state index in [0.29, 0.717) is 12.3 Å². The van der Waals surface area contributed by atoms with Crippen molar-refractivity contribution in [1.29, 1.82) is 0 Å². The van der Waals surface area contributed by atoms with E-state index in [-0.39, 0.29) is 17.0 Å². The summed E-state index contributed by atoms with van der Waals surface area (Å²) in [6.07, 6.45) is 2.08. The van der Waals surface area contributed by atoms with Crippen LogP contribution in [0.3, 0.4) is 0 Å². The van der Waals surface area contributed by atoms with E-state index in [1.165, 1.54) is 7.11 Å². The summed E-state index contributed by atoms with van der Waals surface area (Å²) in [5.74, 6) is -0.146. The molecule has 0 atom stereocenters. The molecule has 0 bridgehead atoms. The van der Waals surface area contributed by atoms with Crippen LogP contribution in [0.4, 0.5) is 5.69 Å². The number of unbranched alkanes of at least 4 members (excludes halogenated alkanes) is 1. The van der Waals surface area contributed by atoms with Gasteiger partial charge >= 0.3 is 5.97 Å². The largest absolute Gasteiger partial charge is 0.494 e. The fraction of sp³-hybridized carbons (Fsp3) is 0.263. The Morgan fingerprint density at radius 1 is 1.00 bits per heavy atom. The predicted octanol–water partition coefficient (Wildman–Crippen LogP) is 3.90. The number of rotatable bonds is 7. The molecule has 0 radical (unpaired) electrons. The zero-order valence-electron chi connectivity index (χ0n) is 13.9. The highest BCUT2D eigenvalue weighted by molar-refractivity contribution is 6.11. The van der Waals surface area contributed by atoms with Gasteiger partial charge in [0.2, 0.25) is 0 Å². The molecular weight excluding hydrogens is 306 g/mol. The maximum atomic E-state index is 12.4. The third kappa shape index (κ3) is 4.59. The normalized spacial score (nSPS) is 10.1. The van der Waals surface area contributed by atoms with E-state index in [4.69, 9.17) is 9.47 Å². The van der Waals surface area contributed by atoms with Crippen LogP contribution in [0.5, 0.6) is 5.75 Å². The van der Waals surface area contributed by atoms with E-state index in [1.54, 1.807) is 48.5 Å². The quantitative estimate of drug-likeness (QED) is 0.619. The number of nitrogens with one attached hydrogen (secondary N) is 1. The first-order valence-corrected chi connectivity index (χ1v) is 7.87. The molecule has 1 N–H and O–H groups in total. The summed E-state index contributed by atoms with van der Waals surface area (Å²) in [5.41, 5.74) is 1.13. The molecule has 24 heavy (non-hydrogen) atoms. The summed E-state index contributed by atoms with van der Waals surface area (Å²) in [6.45, 7) is 2.78. The molecule has 0 spiro atoms. The Hall–Kier alpha value is -2.82. The molecule has 0 aliphatic rings. The van der Waals surface area contributed by atoms with Crippen LogP contribution in [0.2, 0.25) is 0 Å². The van der Waals surface area contributed by atoms with Crippen molar-refractivity contribution < 1.29 is 19.1 Å². The SMILES string of the molecule is CCCCOc1ccc(NC(=O)c2ccccc2C(=O)OC)cc1. The van der Waals surface area contributed by atoms with Gasteiger partial charge in [-0.15, -0.1) is 0 Å². The van der Waals surface area contributed by atoms with Gasteiger partial charge in [-0.2, -0.15) is 0 Å². The van der Waals surface area contributed by atoms with Gasteiger partial charge in [0.05, 0.1) is 24.8 Å². The second kappa shape index (κ2) is 8.72. The van der Waals surface area contributed by atoms with Gasteiger partial charge in [-0.1, -0.05) is 25.5 Å². The second-order valence-electron chi connectivity index (χ2n) is 5.22. The molecule has 2 aromatic rings. The molecule has 126 valence electrons. The maximum Gasteiger partial charge on any atom is 0.338 e. The van der Waals surface area contributed by atoms with Crippen LogP contribution in [-0.4, -0.2) is 25.6 Å². The van der Waals surface area contributed by atoms with E-state index in [1.807, 2.05) is 0 Å². The lowest BCUT2D eigenvalue weighted by Gasteiger charge is -2.10. The summed E-state index contributed by atoms with van der Waals surface area (Å²) >= 11 is 0. The van der Waals surface area contributed by atoms with Crippen molar-refractivity contribution in [2.45, 2.75) is 19.8 Å². The summed E-state index contributed by atoms with van der Waals surface area (Å²) < 4.78 is 10.3. The van der Waals surface area contributed by atoms with Crippen LogP contribution < -0.4 is 10.1 Å². The van der Waals surface area contributed by atoms with E-state index < -0.39 is 5.97 Å². The summed E-state index contributed by atoms with van der Waals surface area (Å²) in [4.78, 5) is 24.1. The zero-order chi connectivity index (χ0) is 17.4. The maximum absolute atomic E-state index is 12.4. The lowest BCUT2D eigenvalue weighted by molar-refractivity contribution is 0.0597. The monoisotopic (exact) mass is 327 g/mol. The Morgan fingerprint density at radius 3 is 2.29 bits per heavy atom. The minimum Gasteiger partial charge on any atom is -0.494 e. The van der Waals surface area contributed by atoms with Gasteiger partial charge in [-0.05, 0) is 42.8 Å². The highest BCUT2D eigenvalue weighted by Crippen LogP contribution is 2.18. The Labute approximate surface area is 141 Å². The molecular formula is C19H21NO4. The average Bonchev–Trinajstić information content (AvgIpc) is 2.62. The van der Waals surface area contributed by atoms with Crippen LogP contribution in [-0.2, 0) is 4.74 Å². The highest BCUT2D eigenvalue weighted by Gasteiger charge is 2.17. The van der Waals surface area contributed by atoms with Crippen molar-refractivity contribution in [3.63, 3.8) is 0 Å². The van der Waals surface area contributed by atoms with Crippen molar-refractivity contribution in [3.05, 3.63) is 59.7 Å². The van der Waals surface area contributed by atoms with Crippen LogP contribution in [0, 0.1) is 0 Å². The summed E-state index contributed by atoms with van der Waals surface area (Å²) in [5, 5.41) is 2.77. The predicted molar refractivity (Wildman–Crippen MR) is 92.6 cm³/mol. The molecule has 0 aromatic heterocycles. The number of hydrogen-bond acceptors (Lipinski definition) is 4. The lowest BCUT2D eigenvalue weighted by atomic mass is 10.1. The molecule has 2 rings (SSSR count). The van der Waals surface area contributed by atoms with Crippen LogP contribution in [0.1, 0.15) is 40.5 Å². The average molecular weight is 327 g/mol. The number of anilines is 1. The van der Waals surface area contributed by atoms with Gasteiger partial charge in [0.15, 0.2) is 0 Å². The smallest absolute Gasteiger partial charge is 0.338 e. The first-order valence-electron chi connectivity index (χ1n) is 7.87. The molecule has 0 fully saturated rings. The van der Waals surface area contributed by atoms with Crippen molar-refractivity contribution in [2.75, 3.05) is 19.0 Å². The van der Waals surface area contributed by atoms with E-state index >= 15 is 0 Å². The minimum absolute atomic E-state index is 0.233. The highest BCUT2D eigenvalue weighted by atomic mass is 16.5. The van der Waals surface area contributed by atoms with Crippen LogP contribution in [0.25, 0.3) is 0 Å². The summed E-state index contributed by atoms with van der Waals surface area (Å²) in [7, 11) is 1.29. The van der Waals surface area contributed by atoms with Gasteiger partial charge in [0.1, 0.15) is 5.75 Å². The molecule has 0 unspecified atom stereocenters. The lowest BCUT2D eigenvalue weighted by Crippen LogP contribution is -2.17.